The molecule has 2 aromatic heterocycles. The molecule has 0 aliphatic carbocycles. The van der Waals surface area contributed by atoms with Crippen molar-refractivity contribution in [2.24, 2.45) is 7.05 Å². The zero-order valence-corrected chi connectivity index (χ0v) is 13.9. The summed E-state index contributed by atoms with van der Waals surface area (Å²) in [7, 11) is 6.07. The van der Waals surface area contributed by atoms with Gasteiger partial charge in [-0.15, -0.1) is 0 Å². The van der Waals surface area contributed by atoms with Gasteiger partial charge in [0.25, 0.3) is 0 Å². The van der Waals surface area contributed by atoms with E-state index in [-0.39, 0.29) is 0 Å². The molecule has 0 amide bonds. The van der Waals surface area contributed by atoms with Crippen LogP contribution in [0.15, 0.2) is 16.8 Å². The van der Waals surface area contributed by atoms with Crippen LogP contribution in [0.2, 0.25) is 5.15 Å². The van der Waals surface area contributed by atoms with E-state index >= 15 is 0 Å². The number of halogens is 1. The standard InChI is InChI=1S/C14H21ClN4S/c1-10-12(14(15)19(4)17-10)7-16-8-13(18(2)3)11-5-6-20-9-11/h5-6,9,13,16H,7-8H2,1-4H3/t13-/m0/s1. The second kappa shape index (κ2) is 6.72. The Morgan fingerprint density at radius 2 is 2.25 bits per heavy atom. The average molecular weight is 313 g/mol. The predicted octanol–water partition coefficient (Wildman–Crippen LogP) is 2.84. The van der Waals surface area contributed by atoms with Gasteiger partial charge in [0.2, 0.25) is 0 Å². The summed E-state index contributed by atoms with van der Waals surface area (Å²) in [6.45, 7) is 3.62. The van der Waals surface area contributed by atoms with Crippen LogP contribution in [0.1, 0.15) is 22.9 Å². The largest absolute Gasteiger partial charge is 0.311 e. The maximum absolute atomic E-state index is 6.24. The predicted molar refractivity (Wildman–Crippen MR) is 85.4 cm³/mol. The Kier molecular flexibility index (Phi) is 5.21. The molecule has 0 spiro atoms. The van der Waals surface area contributed by atoms with Gasteiger partial charge in [0.15, 0.2) is 0 Å². The third kappa shape index (κ3) is 3.41. The van der Waals surface area contributed by atoms with E-state index in [0.717, 1.165) is 24.3 Å². The molecule has 0 fully saturated rings. The molecule has 0 unspecified atom stereocenters. The Labute approximate surface area is 129 Å². The third-order valence-corrected chi connectivity index (χ3v) is 4.63. The molecule has 1 atom stereocenters. The van der Waals surface area contributed by atoms with Crippen LogP contribution in [-0.2, 0) is 13.6 Å². The first kappa shape index (κ1) is 15.5. The van der Waals surface area contributed by atoms with E-state index in [2.05, 4.69) is 46.2 Å². The highest BCUT2D eigenvalue weighted by molar-refractivity contribution is 7.07. The van der Waals surface area contributed by atoms with Crippen molar-refractivity contribution in [1.82, 2.24) is 20.0 Å². The van der Waals surface area contributed by atoms with Crippen LogP contribution in [-0.4, -0.2) is 35.3 Å². The van der Waals surface area contributed by atoms with Gasteiger partial charge in [0.1, 0.15) is 5.15 Å². The molecule has 6 heteroatoms. The minimum atomic E-state index is 0.372. The molecule has 0 saturated carbocycles. The first-order chi connectivity index (χ1) is 9.50. The van der Waals surface area contributed by atoms with Gasteiger partial charge in [0.05, 0.1) is 5.69 Å². The van der Waals surface area contributed by atoms with E-state index in [9.17, 15) is 0 Å². The van der Waals surface area contributed by atoms with Gasteiger partial charge in [0, 0.05) is 31.7 Å². The minimum Gasteiger partial charge on any atom is -0.311 e. The van der Waals surface area contributed by atoms with E-state index in [1.807, 2.05) is 14.0 Å². The van der Waals surface area contributed by atoms with Crippen LogP contribution in [0, 0.1) is 6.92 Å². The molecule has 0 saturated heterocycles. The lowest BCUT2D eigenvalue weighted by Gasteiger charge is -2.24. The number of aryl methyl sites for hydroxylation is 2. The van der Waals surface area contributed by atoms with Crippen LogP contribution in [0.4, 0.5) is 0 Å². The summed E-state index contributed by atoms with van der Waals surface area (Å²) in [5.74, 6) is 0. The van der Waals surface area contributed by atoms with E-state index in [0.29, 0.717) is 11.2 Å². The van der Waals surface area contributed by atoms with Crippen LogP contribution < -0.4 is 5.32 Å². The topological polar surface area (TPSA) is 33.1 Å². The maximum atomic E-state index is 6.24. The lowest BCUT2D eigenvalue weighted by Crippen LogP contribution is -2.30. The molecular formula is C14H21ClN4S. The smallest absolute Gasteiger partial charge is 0.131 e. The van der Waals surface area contributed by atoms with Gasteiger partial charge in [-0.05, 0) is 43.4 Å². The second-order valence-electron chi connectivity index (χ2n) is 5.15. The van der Waals surface area contributed by atoms with E-state index in [1.54, 1.807) is 16.0 Å². The van der Waals surface area contributed by atoms with Gasteiger partial charge >= 0.3 is 0 Å². The van der Waals surface area contributed by atoms with E-state index in [1.165, 1.54) is 5.56 Å². The minimum absolute atomic E-state index is 0.372. The molecule has 4 nitrogen and oxygen atoms in total. The fourth-order valence-corrected chi connectivity index (χ4v) is 3.22. The highest BCUT2D eigenvalue weighted by Gasteiger charge is 2.15. The SMILES string of the molecule is Cc1nn(C)c(Cl)c1CNC[C@@H](c1ccsc1)N(C)C. The summed E-state index contributed by atoms with van der Waals surface area (Å²) in [6.07, 6.45) is 0. The fraction of sp³-hybridized carbons (Fsp3) is 0.500. The Hall–Kier alpha value is -0.880. The van der Waals surface area contributed by atoms with Gasteiger partial charge in [-0.25, -0.2) is 0 Å². The Morgan fingerprint density at radius 3 is 2.75 bits per heavy atom. The van der Waals surface area contributed by atoms with Crippen LogP contribution in [0.5, 0.6) is 0 Å². The number of hydrogen-bond donors (Lipinski definition) is 1. The average Bonchev–Trinajstić information content (AvgIpc) is 2.97. The molecule has 0 radical (unpaired) electrons. The van der Waals surface area contributed by atoms with Crippen molar-refractivity contribution in [1.29, 1.82) is 0 Å². The molecule has 0 aliphatic rings. The van der Waals surface area contributed by atoms with Gasteiger partial charge in [-0.2, -0.15) is 16.4 Å². The van der Waals surface area contributed by atoms with Crippen molar-refractivity contribution < 1.29 is 0 Å². The van der Waals surface area contributed by atoms with Gasteiger partial charge in [-0.1, -0.05) is 11.6 Å². The van der Waals surface area contributed by atoms with Crippen molar-refractivity contribution in [3.8, 4) is 0 Å². The van der Waals surface area contributed by atoms with Crippen molar-refractivity contribution >= 4 is 22.9 Å². The second-order valence-corrected chi connectivity index (χ2v) is 6.28. The normalized spacial score (nSPS) is 13.1. The van der Waals surface area contributed by atoms with Crippen molar-refractivity contribution in [3.05, 3.63) is 38.8 Å². The molecule has 2 aromatic rings. The summed E-state index contributed by atoms with van der Waals surface area (Å²) in [4.78, 5) is 2.23. The van der Waals surface area contributed by atoms with Crippen molar-refractivity contribution in [2.45, 2.75) is 19.5 Å². The number of thiophene rings is 1. The quantitative estimate of drug-likeness (QED) is 0.890. The number of likely N-dealkylation sites (N-methyl/N-ethyl adjacent to an activating group) is 1. The van der Waals surface area contributed by atoms with Crippen molar-refractivity contribution in [3.63, 3.8) is 0 Å². The molecule has 0 bridgehead atoms. The van der Waals surface area contributed by atoms with Crippen LogP contribution in [0.3, 0.4) is 0 Å². The molecule has 2 heterocycles. The molecule has 110 valence electrons. The molecular weight excluding hydrogens is 292 g/mol. The van der Waals surface area contributed by atoms with Crippen LogP contribution in [0.25, 0.3) is 0 Å². The molecule has 20 heavy (non-hydrogen) atoms. The van der Waals surface area contributed by atoms with Gasteiger partial charge in [-0.3, -0.25) is 4.68 Å². The molecule has 0 aliphatic heterocycles. The zero-order chi connectivity index (χ0) is 14.7. The third-order valence-electron chi connectivity index (χ3n) is 3.46. The lowest BCUT2D eigenvalue weighted by atomic mass is 10.1. The maximum Gasteiger partial charge on any atom is 0.131 e. The van der Waals surface area contributed by atoms with Crippen LogP contribution >= 0.6 is 22.9 Å². The Morgan fingerprint density at radius 1 is 1.50 bits per heavy atom. The molecule has 0 aromatic carbocycles. The zero-order valence-electron chi connectivity index (χ0n) is 12.4. The summed E-state index contributed by atoms with van der Waals surface area (Å²) in [6, 6.07) is 2.55. The monoisotopic (exact) mass is 312 g/mol. The number of nitrogens with zero attached hydrogens (tertiary/aromatic N) is 3. The summed E-state index contributed by atoms with van der Waals surface area (Å²) in [5, 5.41) is 12.9. The summed E-state index contributed by atoms with van der Waals surface area (Å²) < 4.78 is 1.72. The van der Waals surface area contributed by atoms with E-state index in [4.69, 9.17) is 11.6 Å². The summed E-state index contributed by atoms with van der Waals surface area (Å²) in [5.41, 5.74) is 3.42. The van der Waals surface area contributed by atoms with E-state index < -0.39 is 0 Å². The number of nitrogens with one attached hydrogen (secondary N) is 1. The first-order valence-corrected chi connectivity index (χ1v) is 7.90. The number of aromatic nitrogens is 2. The highest BCUT2D eigenvalue weighted by Crippen LogP contribution is 2.21. The number of rotatable bonds is 6. The highest BCUT2D eigenvalue weighted by atomic mass is 35.5. The lowest BCUT2D eigenvalue weighted by molar-refractivity contribution is 0.289. The Bertz CT molecular complexity index is 548. The van der Waals surface area contributed by atoms with Gasteiger partial charge < -0.3 is 10.2 Å². The van der Waals surface area contributed by atoms with Crippen molar-refractivity contribution in [2.75, 3.05) is 20.6 Å². The first-order valence-electron chi connectivity index (χ1n) is 6.58. The summed E-state index contributed by atoms with van der Waals surface area (Å²) >= 11 is 7.98. The Balaban J connectivity index is 1.97. The number of hydrogen-bond acceptors (Lipinski definition) is 4. The molecule has 1 N–H and O–H groups in total. The fourth-order valence-electron chi connectivity index (χ4n) is 2.27. The molecule has 2 rings (SSSR count).